The molecule has 0 unspecified atom stereocenters. The lowest BCUT2D eigenvalue weighted by Crippen LogP contribution is -2.20. The zero-order chi connectivity index (χ0) is 19.3. The standard InChI is InChI=1S/C17H16FNO6S/c1-19-26(22,23)13-6-7-15(18)14(9-13)17(21)25-10-16(20)11-4-3-5-12(8-11)24-2/h3-9,19H,10H2,1-2H3. The number of carbonyl (C=O) groups excluding carboxylic acids is 2. The topological polar surface area (TPSA) is 98.8 Å². The zero-order valence-corrected chi connectivity index (χ0v) is 14.8. The van der Waals surface area contributed by atoms with Gasteiger partial charge in [0, 0.05) is 5.56 Å². The first-order chi connectivity index (χ1) is 12.3. The van der Waals surface area contributed by atoms with Crippen molar-refractivity contribution in [3.63, 3.8) is 0 Å². The van der Waals surface area contributed by atoms with E-state index in [1.165, 1.54) is 26.3 Å². The van der Waals surface area contributed by atoms with Gasteiger partial charge in [0.15, 0.2) is 12.4 Å². The second kappa shape index (κ2) is 8.07. The Balaban J connectivity index is 2.15. The highest BCUT2D eigenvalue weighted by molar-refractivity contribution is 7.89. The Morgan fingerprint density at radius 3 is 2.54 bits per heavy atom. The Labute approximate surface area is 149 Å². The van der Waals surface area contributed by atoms with Crippen LogP contribution < -0.4 is 9.46 Å². The fourth-order valence-electron chi connectivity index (χ4n) is 2.03. The van der Waals surface area contributed by atoms with Gasteiger partial charge in [-0.25, -0.2) is 22.3 Å². The van der Waals surface area contributed by atoms with Gasteiger partial charge in [0.05, 0.1) is 17.6 Å². The lowest BCUT2D eigenvalue weighted by molar-refractivity contribution is 0.0470. The minimum Gasteiger partial charge on any atom is -0.497 e. The molecule has 0 heterocycles. The molecule has 0 amide bonds. The summed E-state index contributed by atoms with van der Waals surface area (Å²) < 4.78 is 49.2. The maximum absolute atomic E-state index is 13.8. The Bertz CT molecular complexity index is 942. The van der Waals surface area contributed by atoms with E-state index < -0.39 is 39.8 Å². The summed E-state index contributed by atoms with van der Waals surface area (Å²) in [6.07, 6.45) is 0. The number of benzene rings is 2. The van der Waals surface area contributed by atoms with Crippen molar-refractivity contribution < 1.29 is 31.9 Å². The van der Waals surface area contributed by atoms with E-state index in [4.69, 9.17) is 9.47 Å². The summed E-state index contributed by atoms with van der Waals surface area (Å²) in [5.41, 5.74) is -0.330. The molecule has 0 radical (unpaired) electrons. The van der Waals surface area contributed by atoms with Gasteiger partial charge in [-0.2, -0.15) is 0 Å². The number of hydrogen-bond acceptors (Lipinski definition) is 6. The second-order valence-corrected chi connectivity index (χ2v) is 6.97. The minimum absolute atomic E-state index is 0.254. The van der Waals surface area contributed by atoms with E-state index in [0.717, 1.165) is 18.2 Å². The van der Waals surface area contributed by atoms with E-state index in [9.17, 15) is 22.4 Å². The third-order valence-electron chi connectivity index (χ3n) is 3.46. The van der Waals surface area contributed by atoms with Crippen LogP contribution in [0.3, 0.4) is 0 Å². The molecule has 0 bridgehead atoms. The van der Waals surface area contributed by atoms with Gasteiger partial charge in [-0.15, -0.1) is 0 Å². The van der Waals surface area contributed by atoms with Crippen molar-refractivity contribution in [3.05, 3.63) is 59.4 Å². The number of methoxy groups -OCH3 is 1. The first-order valence-corrected chi connectivity index (χ1v) is 8.84. The average molecular weight is 381 g/mol. The Morgan fingerprint density at radius 2 is 1.88 bits per heavy atom. The Morgan fingerprint density at radius 1 is 1.15 bits per heavy atom. The van der Waals surface area contributed by atoms with Crippen LogP contribution in [-0.2, 0) is 14.8 Å². The van der Waals surface area contributed by atoms with Crippen LogP contribution in [-0.4, -0.2) is 40.9 Å². The maximum atomic E-state index is 13.8. The second-order valence-electron chi connectivity index (χ2n) is 5.08. The number of nitrogens with one attached hydrogen (secondary N) is 1. The summed E-state index contributed by atoms with van der Waals surface area (Å²) in [7, 11) is -1.23. The predicted octanol–water partition coefficient (Wildman–Crippen LogP) is 1.78. The zero-order valence-electron chi connectivity index (χ0n) is 14.0. The molecule has 0 aliphatic heterocycles. The number of ether oxygens (including phenoxy) is 2. The quantitative estimate of drug-likeness (QED) is 0.580. The van der Waals surface area contributed by atoms with E-state index in [1.807, 2.05) is 0 Å². The SMILES string of the molecule is CNS(=O)(=O)c1ccc(F)c(C(=O)OCC(=O)c2cccc(OC)c2)c1. The summed E-state index contributed by atoms with van der Waals surface area (Å²) in [5.74, 6) is -2.17. The van der Waals surface area contributed by atoms with Gasteiger partial charge in [-0.05, 0) is 37.4 Å². The van der Waals surface area contributed by atoms with Gasteiger partial charge in [-0.3, -0.25) is 4.79 Å². The maximum Gasteiger partial charge on any atom is 0.341 e. The van der Waals surface area contributed by atoms with Crippen LogP contribution >= 0.6 is 0 Å². The van der Waals surface area contributed by atoms with Gasteiger partial charge in [-0.1, -0.05) is 12.1 Å². The van der Waals surface area contributed by atoms with E-state index in [0.29, 0.717) is 5.75 Å². The van der Waals surface area contributed by atoms with Crippen LogP contribution in [0.1, 0.15) is 20.7 Å². The molecule has 0 aromatic heterocycles. The molecule has 138 valence electrons. The van der Waals surface area contributed by atoms with E-state index in [1.54, 1.807) is 12.1 Å². The van der Waals surface area contributed by atoms with E-state index in [-0.39, 0.29) is 10.5 Å². The summed E-state index contributed by atoms with van der Waals surface area (Å²) in [6.45, 7) is -0.631. The number of esters is 1. The monoisotopic (exact) mass is 381 g/mol. The molecule has 2 rings (SSSR count). The third-order valence-corrected chi connectivity index (χ3v) is 4.87. The molecular formula is C17H16FNO6S. The molecule has 0 aliphatic carbocycles. The molecular weight excluding hydrogens is 365 g/mol. The number of ketones is 1. The highest BCUT2D eigenvalue weighted by atomic mass is 32.2. The molecule has 1 N–H and O–H groups in total. The normalized spacial score (nSPS) is 11.0. The summed E-state index contributed by atoms with van der Waals surface area (Å²) in [5, 5.41) is 0. The molecule has 9 heteroatoms. The number of sulfonamides is 1. The number of Topliss-reactive ketones (excluding diaryl/α,β-unsaturated/α-hetero) is 1. The van der Waals surface area contributed by atoms with Crippen LogP contribution in [0.5, 0.6) is 5.75 Å². The lowest BCUT2D eigenvalue weighted by atomic mass is 10.1. The number of hydrogen-bond donors (Lipinski definition) is 1. The Kier molecular flexibility index (Phi) is 6.06. The molecule has 26 heavy (non-hydrogen) atoms. The minimum atomic E-state index is -3.86. The Hall–Kier alpha value is -2.78. The third kappa shape index (κ3) is 4.44. The van der Waals surface area contributed by atoms with E-state index in [2.05, 4.69) is 4.72 Å². The molecule has 0 saturated heterocycles. The van der Waals surface area contributed by atoms with Crippen LogP contribution in [0.2, 0.25) is 0 Å². The lowest BCUT2D eigenvalue weighted by Gasteiger charge is -2.08. The van der Waals surface area contributed by atoms with Crippen LogP contribution in [0, 0.1) is 5.82 Å². The summed E-state index contributed by atoms with van der Waals surface area (Å²) >= 11 is 0. The predicted molar refractivity (Wildman–Crippen MR) is 90.3 cm³/mol. The smallest absolute Gasteiger partial charge is 0.341 e. The van der Waals surface area contributed by atoms with Crippen molar-refractivity contribution in [2.45, 2.75) is 4.90 Å². The molecule has 0 fully saturated rings. The van der Waals surface area contributed by atoms with Crippen LogP contribution in [0.25, 0.3) is 0 Å². The number of halogens is 1. The van der Waals surface area contributed by atoms with Gasteiger partial charge < -0.3 is 9.47 Å². The van der Waals surface area contributed by atoms with Crippen molar-refractivity contribution in [1.29, 1.82) is 0 Å². The summed E-state index contributed by atoms with van der Waals surface area (Å²) in [6, 6.07) is 8.92. The highest BCUT2D eigenvalue weighted by Gasteiger charge is 2.20. The van der Waals surface area contributed by atoms with Crippen molar-refractivity contribution >= 4 is 21.8 Å². The fraction of sp³-hybridized carbons (Fsp3) is 0.176. The molecule has 7 nitrogen and oxygen atoms in total. The van der Waals surface area contributed by atoms with Gasteiger partial charge >= 0.3 is 5.97 Å². The molecule has 0 atom stereocenters. The number of rotatable bonds is 7. The molecule has 0 aliphatic rings. The average Bonchev–Trinajstić information content (AvgIpc) is 2.66. The summed E-state index contributed by atoms with van der Waals surface area (Å²) in [4.78, 5) is 23.8. The molecule has 2 aromatic rings. The first kappa shape index (κ1) is 19.5. The molecule has 0 saturated carbocycles. The first-order valence-electron chi connectivity index (χ1n) is 7.36. The van der Waals surface area contributed by atoms with Crippen molar-refractivity contribution in [2.75, 3.05) is 20.8 Å². The van der Waals surface area contributed by atoms with Crippen molar-refractivity contribution in [3.8, 4) is 5.75 Å². The van der Waals surface area contributed by atoms with Crippen molar-refractivity contribution in [2.24, 2.45) is 0 Å². The van der Waals surface area contributed by atoms with Crippen molar-refractivity contribution in [1.82, 2.24) is 4.72 Å². The van der Waals surface area contributed by atoms with Crippen LogP contribution in [0.4, 0.5) is 4.39 Å². The largest absolute Gasteiger partial charge is 0.497 e. The fourth-order valence-corrected chi connectivity index (χ4v) is 2.79. The number of carbonyl (C=O) groups is 2. The van der Waals surface area contributed by atoms with Gasteiger partial charge in [0.25, 0.3) is 0 Å². The van der Waals surface area contributed by atoms with Crippen LogP contribution in [0.15, 0.2) is 47.4 Å². The molecule has 2 aromatic carbocycles. The van der Waals surface area contributed by atoms with E-state index >= 15 is 0 Å². The molecule has 0 spiro atoms. The van der Waals surface area contributed by atoms with Gasteiger partial charge in [0.1, 0.15) is 11.6 Å². The highest BCUT2D eigenvalue weighted by Crippen LogP contribution is 2.17. The van der Waals surface area contributed by atoms with Gasteiger partial charge in [0.2, 0.25) is 10.0 Å².